The van der Waals surface area contributed by atoms with Crippen molar-refractivity contribution in [3.63, 3.8) is 0 Å². The molecule has 0 spiro atoms. The Morgan fingerprint density at radius 1 is 1.29 bits per heavy atom. The lowest BCUT2D eigenvalue weighted by molar-refractivity contribution is -0.398. The number of hydrogen-bond donors (Lipinski definition) is 0. The van der Waals surface area contributed by atoms with E-state index in [0.29, 0.717) is 26.6 Å². The van der Waals surface area contributed by atoms with Crippen LogP contribution in [0.1, 0.15) is 31.0 Å². The van der Waals surface area contributed by atoms with Crippen molar-refractivity contribution in [2.45, 2.75) is 19.9 Å². The Kier molecular flexibility index (Phi) is 6.36. The van der Waals surface area contributed by atoms with Crippen LogP contribution < -0.4 is 20.0 Å². The molecule has 0 saturated heterocycles. The standard InChI is InChI=1S/C23H18ClN3O6S/c1-3-33-22(30)19-12(2)25-23-26(20(19)14-5-7-15(24)8-6-14)21(29)18(34-23)11-13-4-9-17(28)16(10-13)27(31)32/h4-11,20,28H,3H2,1-2H3/p-1/b18-11-/t20-/m0/s1. The molecule has 0 bridgehead atoms. The highest BCUT2D eigenvalue weighted by Gasteiger charge is 2.33. The second-order valence-electron chi connectivity index (χ2n) is 7.34. The number of nitro benzene ring substituents is 1. The average Bonchev–Trinajstić information content (AvgIpc) is 3.09. The quantitative estimate of drug-likeness (QED) is 0.302. The number of benzene rings is 2. The van der Waals surface area contributed by atoms with E-state index in [0.717, 1.165) is 23.5 Å². The zero-order chi connectivity index (χ0) is 24.6. The number of carbonyl (C=O) groups is 1. The number of aromatic nitrogens is 1. The molecule has 1 aliphatic heterocycles. The molecule has 174 valence electrons. The van der Waals surface area contributed by atoms with Crippen LogP contribution in [0.3, 0.4) is 0 Å². The molecule has 1 aliphatic rings. The maximum Gasteiger partial charge on any atom is 0.338 e. The summed E-state index contributed by atoms with van der Waals surface area (Å²) in [4.78, 5) is 41.5. The molecule has 9 nitrogen and oxygen atoms in total. The second-order valence-corrected chi connectivity index (χ2v) is 8.78. The minimum atomic E-state index is -0.798. The summed E-state index contributed by atoms with van der Waals surface area (Å²) in [6.07, 6.45) is 1.46. The third-order valence-corrected chi connectivity index (χ3v) is 6.42. The van der Waals surface area contributed by atoms with Crippen molar-refractivity contribution in [3.05, 3.63) is 99.7 Å². The number of ether oxygens (including phenoxy) is 1. The molecule has 0 fully saturated rings. The van der Waals surface area contributed by atoms with E-state index in [-0.39, 0.29) is 16.7 Å². The lowest BCUT2D eigenvalue weighted by atomic mass is 9.96. The Balaban J connectivity index is 1.94. The number of fused-ring (bicyclic) bond motifs is 1. The minimum absolute atomic E-state index is 0.155. The van der Waals surface area contributed by atoms with Crippen LogP contribution in [-0.2, 0) is 9.53 Å². The molecule has 0 radical (unpaired) electrons. The van der Waals surface area contributed by atoms with Crippen molar-refractivity contribution in [1.82, 2.24) is 4.57 Å². The first-order valence-electron chi connectivity index (χ1n) is 10.1. The van der Waals surface area contributed by atoms with Gasteiger partial charge in [-0.15, -0.1) is 0 Å². The molecule has 1 atom stereocenters. The van der Waals surface area contributed by atoms with Crippen LogP contribution >= 0.6 is 22.9 Å². The highest BCUT2D eigenvalue weighted by atomic mass is 35.5. The van der Waals surface area contributed by atoms with E-state index < -0.39 is 33.9 Å². The van der Waals surface area contributed by atoms with E-state index >= 15 is 0 Å². The number of nitro groups is 1. The number of halogens is 1. The summed E-state index contributed by atoms with van der Waals surface area (Å²) in [5, 5.41) is 23.3. The maximum absolute atomic E-state index is 13.5. The van der Waals surface area contributed by atoms with Crippen molar-refractivity contribution in [2.24, 2.45) is 4.99 Å². The first-order valence-corrected chi connectivity index (χ1v) is 11.3. The number of hydrogen-bond acceptors (Lipinski definition) is 8. The van der Waals surface area contributed by atoms with Gasteiger partial charge in [0, 0.05) is 11.1 Å². The molecule has 0 saturated carbocycles. The van der Waals surface area contributed by atoms with Gasteiger partial charge in [-0.1, -0.05) is 47.2 Å². The van der Waals surface area contributed by atoms with Gasteiger partial charge in [-0.25, -0.2) is 9.79 Å². The SMILES string of the molecule is CCOC(=O)C1=C(C)N=c2s/c(=C\c3ccc([O-])c([N+](=O)[O-])c3)c(=O)n2[C@H]1c1ccc(Cl)cc1. The Bertz CT molecular complexity index is 1520. The van der Waals surface area contributed by atoms with Crippen LogP contribution in [0.25, 0.3) is 6.08 Å². The smallest absolute Gasteiger partial charge is 0.338 e. The number of carbonyl (C=O) groups excluding carboxylic acids is 1. The first-order chi connectivity index (χ1) is 16.2. The Morgan fingerprint density at radius 3 is 2.65 bits per heavy atom. The van der Waals surface area contributed by atoms with Gasteiger partial charge in [0.2, 0.25) is 0 Å². The molecule has 0 unspecified atom stereocenters. The molecule has 11 heteroatoms. The van der Waals surface area contributed by atoms with Gasteiger partial charge in [-0.05, 0) is 48.9 Å². The lowest BCUT2D eigenvalue weighted by Gasteiger charge is -2.24. The number of allylic oxidation sites excluding steroid dienone is 1. The molecule has 0 N–H and O–H groups in total. The summed E-state index contributed by atoms with van der Waals surface area (Å²) in [7, 11) is 0. The fourth-order valence-electron chi connectivity index (χ4n) is 3.67. The fraction of sp³-hybridized carbons (Fsp3) is 0.174. The molecule has 1 aromatic heterocycles. The number of rotatable bonds is 5. The molecule has 34 heavy (non-hydrogen) atoms. The molecule has 3 aromatic rings. The summed E-state index contributed by atoms with van der Waals surface area (Å²) in [6, 6.07) is 9.57. The van der Waals surface area contributed by atoms with Gasteiger partial charge in [0.05, 0.1) is 33.4 Å². The van der Waals surface area contributed by atoms with Crippen LogP contribution in [0.15, 0.2) is 63.5 Å². The van der Waals surface area contributed by atoms with Gasteiger partial charge in [0.15, 0.2) is 4.80 Å². The zero-order valence-corrected chi connectivity index (χ0v) is 19.6. The lowest BCUT2D eigenvalue weighted by Crippen LogP contribution is -2.39. The highest BCUT2D eigenvalue weighted by molar-refractivity contribution is 7.07. The van der Waals surface area contributed by atoms with Crippen LogP contribution in [0.4, 0.5) is 5.69 Å². The van der Waals surface area contributed by atoms with Gasteiger partial charge in [-0.3, -0.25) is 19.5 Å². The number of nitrogens with zero attached hydrogens (tertiary/aromatic N) is 3. The van der Waals surface area contributed by atoms with Crippen molar-refractivity contribution in [2.75, 3.05) is 6.61 Å². The van der Waals surface area contributed by atoms with Gasteiger partial charge in [0.1, 0.15) is 0 Å². The third kappa shape index (κ3) is 4.25. The van der Waals surface area contributed by atoms with Crippen molar-refractivity contribution in [1.29, 1.82) is 0 Å². The monoisotopic (exact) mass is 498 g/mol. The van der Waals surface area contributed by atoms with Gasteiger partial charge >= 0.3 is 5.97 Å². The molecular weight excluding hydrogens is 482 g/mol. The number of thiazole rings is 1. The van der Waals surface area contributed by atoms with Crippen molar-refractivity contribution < 1.29 is 19.6 Å². The number of esters is 1. The van der Waals surface area contributed by atoms with Crippen LogP contribution in [0.5, 0.6) is 5.75 Å². The fourth-order valence-corrected chi connectivity index (χ4v) is 4.84. The van der Waals surface area contributed by atoms with E-state index in [1.54, 1.807) is 38.1 Å². The third-order valence-electron chi connectivity index (χ3n) is 5.18. The molecule has 0 amide bonds. The van der Waals surface area contributed by atoms with Crippen LogP contribution in [0.2, 0.25) is 5.02 Å². The van der Waals surface area contributed by atoms with Crippen LogP contribution in [-0.4, -0.2) is 22.1 Å². The maximum atomic E-state index is 13.5. The average molecular weight is 499 g/mol. The van der Waals surface area contributed by atoms with Gasteiger partial charge in [-0.2, -0.15) is 0 Å². The second kappa shape index (κ2) is 9.24. The molecule has 2 aromatic carbocycles. The highest BCUT2D eigenvalue weighted by Crippen LogP contribution is 2.31. The summed E-state index contributed by atoms with van der Waals surface area (Å²) < 4.78 is 6.87. The molecule has 0 aliphatic carbocycles. The summed E-state index contributed by atoms with van der Waals surface area (Å²) in [5.41, 5.74) is 0.585. The normalized spacial score (nSPS) is 15.6. The van der Waals surface area contributed by atoms with E-state index in [9.17, 15) is 24.8 Å². The van der Waals surface area contributed by atoms with Crippen molar-refractivity contribution >= 4 is 40.7 Å². The zero-order valence-electron chi connectivity index (χ0n) is 18.0. The Morgan fingerprint density at radius 2 is 2.00 bits per heavy atom. The van der Waals surface area contributed by atoms with Gasteiger partial charge < -0.3 is 9.84 Å². The first kappa shape index (κ1) is 23.4. The summed E-state index contributed by atoms with van der Waals surface area (Å²) >= 11 is 7.11. The van der Waals surface area contributed by atoms with Gasteiger partial charge in [0.25, 0.3) is 11.2 Å². The Labute approximate surface area is 201 Å². The Hall–Kier alpha value is -3.76. The van der Waals surface area contributed by atoms with E-state index in [4.69, 9.17) is 16.3 Å². The summed E-state index contributed by atoms with van der Waals surface area (Å²) in [5.74, 6) is -1.30. The van der Waals surface area contributed by atoms with E-state index in [2.05, 4.69) is 4.99 Å². The minimum Gasteiger partial charge on any atom is -0.868 e. The molecule has 4 rings (SSSR count). The van der Waals surface area contributed by atoms with Crippen molar-refractivity contribution in [3.8, 4) is 5.75 Å². The topological polar surface area (TPSA) is 127 Å². The largest absolute Gasteiger partial charge is 0.868 e. The van der Waals surface area contributed by atoms with E-state index in [1.165, 1.54) is 16.7 Å². The molecule has 2 heterocycles. The predicted molar refractivity (Wildman–Crippen MR) is 124 cm³/mol. The summed E-state index contributed by atoms with van der Waals surface area (Å²) in [6.45, 7) is 3.51. The predicted octanol–water partition coefficient (Wildman–Crippen LogP) is 2.43. The van der Waals surface area contributed by atoms with E-state index in [1.807, 2.05) is 0 Å². The molecular formula is C23H17ClN3O6S-. The van der Waals surface area contributed by atoms with Crippen LogP contribution in [0, 0.1) is 10.1 Å².